The van der Waals surface area contributed by atoms with Crippen molar-refractivity contribution in [3.05, 3.63) is 72.3 Å². The van der Waals surface area contributed by atoms with E-state index in [2.05, 4.69) is 4.98 Å². The minimum atomic E-state index is -0.00249. The van der Waals surface area contributed by atoms with E-state index in [1.807, 2.05) is 66.6 Å². The molecule has 5 rings (SSSR count). The van der Waals surface area contributed by atoms with Crippen LogP contribution in [-0.2, 0) is 0 Å². The second-order valence-corrected chi connectivity index (χ2v) is 8.02. The molecule has 2 saturated heterocycles. The van der Waals surface area contributed by atoms with E-state index in [4.69, 9.17) is 9.15 Å². The van der Waals surface area contributed by atoms with Crippen LogP contribution in [0, 0.1) is 12.8 Å². The number of pyridine rings is 1. The summed E-state index contributed by atoms with van der Waals surface area (Å²) in [5.41, 5.74) is 2.97. The molecule has 5 nitrogen and oxygen atoms in total. The maximum Gasteiger partial charge on any atom is 0.290 e. The highest BCUT2D eigenvalue weighted by Gasteiger charge is 2.49. The average Bonchev–Trinajstić information content (AvgIpc) is 3.48. The topological polar surface area (TPSA) is 55.6 Å². The Bertz CT molecular complexity index is 996. The van der Waals surface area contributed by atoms with Gasteiger partial charge < -0.3 is 14.1 Å². The molecule has 0 radical (unpaired) electrons. The molecule has 0 N–H and O–H groups in total. The number of carbonyl (C=O) groups is 1. The van der Waals surface area contributed by atoms with Crippen LogP contribution in [0.3, 0.4) is 0 Å². The van der Waals surface area contributed by atoms with E-state index in [-0.39, 0.29) is 18.0 Å². The molecular formula is C24H24N2O3. The fourth-order valence-electron chi connectivity index (χ4n) is 4.78. The number of ether oxygens (including phenoxy) is 1. The van der Waals surface area contributed by atoms with Crippen molar-refractivity contribution in [1.29, 1.82) is 0 Å². The lowest BCUT2D eigenvalue weighted by Gasteiger charge is -2.24. The molecule has 5 heteroatoms. The SMILES string of the molecule is Cc1ccc(OCC2CC3CCC2N3C(=O)c2occc2-c2ccccc2)nc1. The Morgan fingerprint density at radius 2 is 2.03 bits per heavy atom. The molecule has 1 amide bonds. The normalized spacial score (nSPS) is 22.8. The van der Waals surface area contributed by atoms with Gasteiger partial charge in [0, 0.05) is 35.8 Å². The zero-order valence-electron chi connectivity index (χ0n) is 16.5. The molecule has 2 bridgehead atoms. The third-order valence-electron chi connectivity index (χ3n) is 6.17. The third-order valence-corrected chi connectivity index (χ3v) is 6.17. The molecule has 29 heavy (non-hydrogen) atoms. The first-order chi connectivity index (χ1) is 14.2. The fraction of sp³-hybridized carbons (Fsp3) is 0.333. The van der Waals surface area contributed by atoms with Crippen molar-refractivity contribution in [1.82, 2.24) is 9.88 Å². The van der Waals surface area contributed by atoms with Crippen molar-refractivity contribution in [2.75, 3.05) is 6.61 Å². The lowest BCUT2D eigenvalue weighted by Crippen LogP contribution is -2.37. The van der Waals surface area contributed by atoms with Crippen LogP contribution in [0.2, 0.25) is 0 Å². The molecule has 3 unspecified atom stereocenters. The van der Waals surface area contributed by atoms with Crippen molar-refractivity contribution in [3.63, 3.8) is 0 Å². The van der Waals surface area contributed by atoms with E-state index in [9.17, 15) is 4.79 Å². The van der Waals surface area contributed by atoms with Gasteiger partial charge >= 0.3 is 0 Å². The first kappa shape index (κ1) is 18.0. The first-order valence-electron chi connectivity index (χ1n) is 10.2. The second-order valence-electron chi connectivity index (χ2n) is 8.02. The summed E-state index contributed by atoms with van der Waals surface area (Å²) in [6.45, 7) is 2.60. The number of fused-ring (bicyclic) bond motifs is 2. The van der Waals surface area contributed by atoms with Crippen molar-refractivity contribution in [3.8, 4) is 17.0 Å². The minimum Gasteiger partial charge on any atom is -0.477 e. The number of amides is 1. The Balaban J connectivity index is 1.32. The monoisotopic (exact) mass is 388 g/mol. The molecule has 2 aliphatic rings. The molecule has 0 aliphatic carbocycles. The summed E-state index contributed by atoms with van der Waals surface area (Å²) in [7, 11) is 0. The molecular weight excluding hydrogens is 364 g/mol. The molecule has 3 aromatic rings. The fourth-order valence-corrected chi connectivity index (χ4v) is 4.78. The molecule has 1 aromatic carbocycles. The van der Waals surface area contributed by atoms with E-state index >= 15 is 0 Å². The Morgan fingerprint density at radius 1 is 1.17 bits per heavy atom. The van der Waals surface area contributed by atoms with Gasteiger partial charge in [-0.25, -0.2) is 4.98 Å². The number of rotatable bonds is 5. The average molecular weight is 388 g/mol. The quantitative estimate of drug-likeness (QED) is 0.634. The molecule has 2 aromatic heterocycles. The molecule has 2 fully saturated rings. The number of furan rings is 1. The zero-order chi connectivity index (χ0) is 19.8. The third kappa shape index (κ3) is 3.31. The van der Waals surface area contributed by atoms with Crippen molar-refractivity contribution in [2.24, 2.45) is 5.92 Å². The van der Waals surface area contributed by atoms with E-state index in [1.165, 1.54) is 0 Å². The number of nitrogens with zero attached hydrogens (tertiary/aromatic N) is 2. The molecule has 4 heterocycles. The van der Waals surface area contributed by atoms with Crippen LogP contribution in [0.4, 0.5) is 0 Å². The molecule has 0 saturated carbocycles. The van der Waals surface area contributed by atoms with Gasteiger partial charge in [0.1, 0.15) is 0 Å². The van der Waals surface area contributed by atoms with Crippen LogP contribution in [-0.4, -0.2) is 34.5 Å². The van der Waals surface area contributed by atoms with E-state index < -0.39 is 0 Å². The van der Waals surface area contributed by atoms with E-state index in [0.29, 0.717) is 24.2 Å². The van der Waals surface area contributed by atoms with Crippen LogP contribution in [0.15, 0.2) is 65.4 Å². The van der Waals surface area contributed by atoms with Crippen LogP contribution < -0.4 is 4.74 Å². The van der Waals surface area contributed by atoms with Gasteiger partial charge in [-0.3, -0.25) is 4.79 Å². The van der Waals surface area contributed by atoms with Crippen molar-refractivity contribution in [2.45, 2.75) is 38.3 Å². The maximum absolute atomic E-state index is 13.4. The second kappa shape index (κ2) is 7.39. The van der Waals surface area contributed by atoms with Gasteiger partial charge in [0.25, 0.3) is 5.91 Å². The number of aromatic nitrogens is 1. The van der Waals surface area contributed by atoms with Crippen molar-refractivity contribution >= 4 is 5.91 Å². The molecule has 2 aliphatic heterocycles. The lowest BCUT2D eigenvalue weighted by molar-refractivity contribution is 0.0678. The van der Waals surface area contributed by atoms with Crippen molar-refractivity contribution < 1.29 is 13.9 Å². The predicted molar refractivity (Wildman–Crippen MR) is 110 cm³/mol. The lowest BCUT2D eigenvalue weighted by atomic mass is 9.90. The highest BCUT2D eigenvalue weighted by atomic mass is 16.5. The highest BCUT2D eigenvalue weighted by molar-refractivity contribution is 5.99. The summed E-state index contributed by atoms with van der Waals surface area (Å²) in [4.78, 5) is 19.8. The van der Waals surface area contributed by atoms with Gasteiger partial charge in [0.2, 0.25) is 5.88 Å². The Kier molecular flexibility index (Phi) is 4.58. The maximum atomic E-state index is 13.4. The first-order valence-corrected chi connectivity index (χ1v) is 10.2. The summed E-state index contributed by atoms with van der Waals surface area (Å²) in [6, 6.07) is 16.2. The number of carbonyl (C=O) groups excluding carboxylic acids is 1. The summed E-state index contributed by atoms with van der Waals surface area (Å²) in [5.74, 6) is 1.41. The van der Waals surface area contributed by atoms with Crippen LogP contribution in [0.25, 0.3) is 11.1 Å². The van der Waals surface area contributed by atoms with Gasteiger partial charge in [-0.05, 0) is 43.4 Å². The number of benzene rings is 1. The standard InChI is InChI=1S/C24H24N2O3/c1-16-7-10-22(25-14-16)29-15-18-13-19-8-9-21(18)26(19)24(27)23-20(11-12-28-23)17-5-3-2-4-6-17/h2-7,10-12,14,18-19,21H,8-9,13,15H2,1H3. The summed E-state index contributed by atoms with van der Waals surface area (Å²) < 4.78 is 11.6. The molecule has 148 valence electrons. The molecule has 0 spiro atoms. The van der Waals surface area contributed by atoms with Gasteiger partial charge in [-0.2, -0.15) is 0 Å². The van der Waals surface area contributed by atoms with Gasteiger partial charge in [-0.1, -0.05) is 36.4 Å². The van der Waals surface area contributed by atoms with Gasteiger partial charge in [-0.15, -0.1) is 0 Å². The number of aryl methyl sites for hydroxylation is 1. The van der Waals surface area contributed by atoms with E-state index in [0.717, 1.165) is 36.0 Å². The summed E-state index contributed by atoms with van der Waals surface area (Å²) in [5, 5.41) is 0. The van der Waals surface area contributed by atoms with Gasteiger partial charge in [0.05, 0.1) is 12.9 Å². The van der Waals surface area contributed by atoms with Crippen LogP contribution in [0.1, 0.15) is 35.4 Å². The largest absolute Gasteiger partial charge is 0.477 e. The summed E-state index contributed by atoms with van der Waals surface area (Å²) >= 11 is 0. The number of hydrogen-bond acceptors (Lipinski definition) is 4. The predicted octanol–water partition coefficient (Wildman–Crippen LogP) is 4.72. The molecule has 3 atom stereocenters. The van der Waals surface area contributed by atoms with Crippen LogP contribution in [0.5, 0.6) is 5.88 Å². The summed E-state index contributed by atoms with van der Waals surface area (Å²) in [6.07, 6.45) is 6.47. The smallest absolute Gasteiger partial charge is 0.290 e. The highest BCUT2D eigenvalue weighted by Crippen LogP contribution is 2.43. The van der Waals surface area contributed by atoms with Gasteiger partial charge in [0.15, 0.2) is 5.76 Å². The van der Waals surface area contributed by atoms with Crippen LogP contribution >= 0.6 is 0 Å². The Labute approximate surface area is 170 Å². The minimum absolute atomic E-state index is 0.00249. The Morgan fingerprint density at radius 3 is 2.83 bits per heavy atom. The Hall–Kier alpha value is -3.08. The zero-order valence-corrected chi connectivity index (χ0v) is 16.5. The van der Waals surface area contributed by atoms with E-state index in [1.54, 1.807) is 6.26 Å². The number of hydrogen-bond donors (Lipinski definition) is 0.